The highest BCUT2D eigenvalue weighted by molar-refractivity contribution is 5.95. The van der Waals surface area contributed by atoms with Crippen LogP contribution in [0.25, 0.3) is 33.5 Å². The fourth-order valence-electron chi connectivity index (χ4n) is 5.72. The molecule has 0 unspecified atom stereocenters. The van der Waals surface area contributed by atoms with Crippen LogP contribution in [-0.2, 0) is 17.8 Å². The number of nitrogens with zero attached hydrogens (tertiary/aromatic N) is 7. The van der Waals surface area contributed by atoms with Crippen LogP contribution in [0.3, 0.4) is 0 Å². The van der Waals surface area contributed by atoms with Gasteiger partial charge in [-0.05, 0) is 52.1 Å². The molecule has 5 heterocycles. The number of anilines is 1. The second-order valence-electron chi connectivity index (χ2n) is 10.2. The molecule has 0 amide bonds. The third kappa shape index (κ3) is 4.47. The minimum atomic E-state index is -0.328. The molecule has 2 fully saturated rings. The van der Waals surface area contributed by atoms with Gasteiger partial charge in [0.05, 0.1) is 25.3 Å². The number of imidazole rings is 1. The maximum absolute atomic E-state index is 15.3. The smallest absolute Gasteiger partial charge is 0.167 e. The molecule has 0 saturated carbocycles. The number of H-pyrrole nitrogens is 1. The molecule has 0 aliphatic carbocycles. The van der Waals surface area contributed by atoms with Gasteiger partial charge in [-0.1, -0.05) is 0 Å². The van der Waals surface area contributed by atoms with Crippen molar-refractivity contribution in [2.24, 2.45) is 0 Å². The van der Waals surface area contributed by atoms with E-state index in [1.165, 1.54) is 6.07 Å². The number of hydrogen-bond donors (Lipinski definition) is 1. The largest absolute Gasteiger partial charge is 0.378 e. The van der Waals surface area contributed by atoms with Crippen LogP contribution in [0.2, 0.25) is 0 Å². The van der Waals surface area contributed by atoms with E-state index >= 15 is 4.39 Å². The number of aromatic amines is 1. The van der Waals surface area contributed by atoms with Crippen molar-refractivity contribution in [3.8, 4) is 11.4 Å². The van der Waals surface area contributed by atoms with Gasteiger partial charge in [-0.15, -0.1) is 0 Å². The number of benzene rings is 1. The van der Waals surface area contributed by atoms with E-state index in [0.29, 0.717) is 30.6 Å². The number of aromatic nitrogens is 5. The normalized spacial score (nSPS) is 18.0. The number of halogens is 1. The molecule has 1 N–H and O–H groups in total. The fourth-order valence-corrected chi connectivity index (χ4v) is 5.72. The zero-order valence-corrected chi connectivity index (χ0v) is 21.9. The number of hydrogen-bond acceptors (Lipinski definition) is 7. The summed E-state index contributed by atoms with van der Waals surface area (Å²) in [4.78, 5) is 25.2. The van der Waals surface area contributed by atoms with Crippen LogP contribution in [0.15, 0.2) is 24.4 Å². The molecule has 2 saturated heterocycles. The average Bonchev–Trinajstić information content (AvgIpc) is 3.53. The van der Waals surface area contributed by atoms with Crippen molar-refractivity contribution in [1.82, 2.24) is 34.3 Å². The standard InChI is InChI=1S/C27H35FN8O/c1-4-36-22(17-34-11-8-18(9-12-34)33(2)3)30-24-26(35-13-15-37-16-14-35)31-25(32-27(24)36)23-19-7-10-29-21(19)6-5-20(23)28/h5-7,10,18,29H,4,8-9,11-17H2,1-3H3. The molecule has 0 bridgehead atoms. The summed E-state index contributed by atoms with van der Waals surface area (Å²) in [6, 6.07) is 5.75. The molecule has 0 atom stereocenters. The zero-order chi connectivity index (χ0) is 25.5. The third-order valence-corrected chi connectivity index (χ3v) is 7.84. The predicted octanol–water partition coefficient (Wildman–Crippen LogP) is 3.50. The maximum Gasteiger partial charge on any atom is 0.167 e. The van der Waals surface area contributed by atoms with Gasteiger partial charge in [0, 0.05) is 55.9 Å². The number of fused-ring (bicyclic) bond motifs is 2. The van der Waals surface area contributed by atoms with E-state index in [2.05, 4.69) is 45.3 Å². The molecule has 3 aromatic heterocycles. The molecule has 0 radical (unpaired) electrons. The Bertz CT molecular complexity index is 1400. The minimum Gasteiger partial charge on any atom is -0.378 e. The van der Waals surface area contributed by atoms with E-state index < -0.39 is 0 Å². The van der Waals surface area contributed by atoms with E-state index in [1.807, 2.05) is 12.3 Å². The molecule has 37 heavy (non-hydrogen) atoms. The molecular formula is C27H35FN8O. The van der Waals surface area contributed by atoms with Crippen LogP contribution in [0.1, 0.15) is 25.6 Å². The van der Waals surface area contributed by atoms with Gasteiger partial charge in [0.15, 0.2) is 22.8 Å². The Balaban J connectivity index is 1.46. The molecule has 2 aliphatic rings. The number of morpholine rings is 1. The van der Waals surface area contributed by atoms with Gasteiger partial charge in [-0.25, -0.2) is 19.3 Å². The molecular weight excluding hydrogens is 471 g/mol. The van der Waals surface area contributed by atoms with Gasteiger partial charge in [-0.2, -0.15) is 0 Å². The van der Waals surface area contributed by atoms with Crippen LogP contribution in [0.4, 0.5) is 10.2 Å². The van der Waals surface area contributed by atoms with Crippen molar-refractivity contribution < 1.29 is 9.13 Å². The van der Waals surface area contributed by atoms with Crippen molar-refractivity contribution in [3.05, 3.63) is 36.0 Å². The summed E-state index contributed by atoms with van der Waals surface area (Å²) in [6.07, 6.45) is 4.13. The average molecular weight is 507 g/mol. The first-order valence-electron chi connectivity index (χ1n) is 13.3. The maximum atomic E-state index is 15.3. The number of aryl methyl sites for hydroxylation is 1. The van der Waals surface area contributed by atoms with Crippen LogP contribution in [-0.4, -0.2) is 93.8 Å². The van der Waals surface area contributed by atoms with Crippen LogP contribution in [0, 0.1) is 5.82 Å². The molecule has 6 rings (SSSR count). The lowest BCUT2D eigenvalue weighted by molar-refractivity contribution is 0.122. The van der Waals surface area contributed by atoms with Crippen LogP contribution < -0.4 is 4.90 Å². The van der Waals surface area contributed by atoms with Gasteiger partial charge < -0.3 is 24.1 Å². The Kier molecular flexibility index (Phi) is 6.56. The molecule has 1 aromatic carbocycles. The van der Waals surface area contributed by atoms with Crippen molar-refractivity contribution in [1.29, 1.82) is 0 Å². The second-order valence-corrected chi connectivity index (χ2v) is 10.2. The summed E-state index contributed by atoms with van der Waals surface area (Å²) in [5.41, 5.74) is 2.83. The van der Waals surface area contributed by atoms with Crippen LogP contribution in [0.5, 0.6) is 0 Å². The lowest BCUT2D eigenvalue weighted by Gasteiger charge is -2.34. The summed E-state index contributed by atoms with van der Waals surface area (Å²) in [5.74, 6) is 1.81. The summed E-state index contributed by atoms with van der Waals surface area (Å²) in [5, 5.41) is 0.777. The van der Waals surface area contributed by atoms with E-state index in [9.17, 15) is 0 Å². The number of rotatable bonds is 6. The zero-order valence-electron chi connectivity index (χ0n) is 21.9. The van der Waals surface area contributed by atoms with Gasteiger partial charge in [-0.3, -0.25) is 4.90 Å². The molecule has 196 valence electrons. The highest BCUT2D eigenvalue weighted by Crippen LogP contribution is 2.34. The lowest BCUT2D eigenvalue weighted by Crippen LogP contribution is -2.41. The SMILES string of the molecule is CCn1c(CN2CCC(N(C)C)CC2)nc2c(N3CCOCC3)nc(-c3c(F)ccc4[nH]ccc34)nc21. The molecule has 9 nitrogen and oxygen atoms in total. The van der Waals surface area contributed by atoms with Crippen molar-refractivity contribution >= 4 is 27.9 Å². The summed E-state index contributed by atoms with van der Waals surface area (Å²) >= 11 is 0. The van der Waals surface area contributed by atoms with Crippen molar-refractivity contribution in [2.45, 2.75) is 38.9 Å². The highest BCUT2D eigenvalue weighted by Gasteiger charge is 2.27. The third-order valence-electron chi connectivity index (χ3n) is 7.84. The first-order chi connectivity index (χ1) is 18.0. The fraction of sp³-hybridized carbons (Fsp3) is 0.519. The summed E-state index contributed by atoms with van der Waals surface area (Å²) < 4.78 is 23.1. The Morgan fingerprint density at radius 3 is 2.57 bits per heavy atom. The second kappa shape index (κ2) is 10.00. The summed E-state index contributed by atoms with van der Waals surface area (Å²) in [7, 11) is 4.33. The van der Waals surface area contributed by atoms with Crippen molar-refractivity contribution in [2.75, 3.05) is 58.4 Å². The Morgan fingerprint density at radius 1 is 1.05 bits per heavy atom. The molecule has 0 spiro atoms. The Hall–Kier alpha value is -3.08. The number of piperidine rings is 1. The first kappa shape index (κ1) is 24.3. The lowest BCUT2D eigenvalue weighted by atomic mass is 10.0. The topological polar surface area (TPSA) is 78.3 Å². The van der Waals surface area contributed by atoms with Crippen molar-refractivity contribution in [3.63, 3.8) is 0 Å². The highest BCUT2D eigenvalue weighted by atomic mass is 19.1. The molecule has 4 aromatic rings. The molecule has 2 aliphatic heterocycles. The van der Waals surface area contributed by atoms with Gasteiger partial charge in [0.25, 0.3) is 0 Å². The quantitative estimate of drug-likeness (QED) is 0.429. The van der Waals surface area contributed by atoms with Gasteiger partial charge >= 0.3 is 0 Å². The number of nitrogens with one attached hydrogen (secondary N) is 1. The number of likely N-dealkylation sites (tertiary alicyclic amines) is 1. The predicted molar refractivity (Wildman–Crippen MR) is 143 cm³/mol. The van der Waals surface area contributed by atoms with E-state index in [1.54, 1.807) is 6.07 Å². The number of ether oxygens (including phenoxy) is 1. The molecule has 10 heteroatoms. The monoisotopic (exact) mass is 506 g/mol. The van der Waals surface area contributed by atoms with E-state index in [-0.39, 0.29) is 5.82 Å². The van der Waals surface area contributed by atoms with E-state index in [0.717, 1.165) is 85.8 Å². The van der Waals surface area contributed by atoms with Gasteiger partial charge in [0.1, 0.15) is 11.6 Å². The summed E-state index contributed by atoms with van der Waals surface area (Å²) in [6.45, 7) is 8.40. The van der Waals surface area contributed by atoms with E-state index in [4.69, 9.17) is 19.7 Å². The van der Waals surface area contributed by atoms with Crippen LogP contribution >= 0.6 is 0 Å². The Morgan fingerprint density at radius 2 is 1.84 bits per heavy atom. The Labute approximate surface area is 216 Å². The van der Waals surface area contributed by atoms with Gasteiger partial charge in [0.2, 0.25) is 0 Å². The first-order valence-corrected chi connectivity index (χ1v) is 13.3. The minimum absolute atomic E-state index is 0.328.